The van der Waals surface area contributed by atoms with E-state index in [1.54, 1.807) is 4.68 Å². The third kappa shape index (κ3) is 1.86. The largest absolute Gasteiger partial charge is 0.493 e. The third-order valence-electron chi connectivity index (χ3n) is 3.11. The molecule has 0 saturated heterocycles. The lowest BCUT2D eigenvalue weighted by molar-refractivity contribution is 0.357. The van der Waals surface area contributed by atoms with Crippen molar-refractivity contribution in [2.75, 3.05) is 12.3 Å². The summed E-state index contributed by atoms with van der Waals surface area (Å²) < 4.78 is 7.19. The van der Waals surface area contributed by atoms with E-state index >= 15 is 0 Å². The molecule has 3 rings (SSSR count). The fourth-order valence-corrected chi connectivity index (χ4v) is 2.19. The van der Waals surface area contributed by atoms with Gasteiger partial charge in [-0.2, -0.15) is 5.10 Å². The van der Waals surface area contributed by atoms with Crippen molar-refractivity contribution in [2.45, 2.75) is 12.8 Å². The average Bonchev–Trinajstić information content (AvgIpc) is 2.86. The quantitative estimate of drug-likeness (QED) is 0.849. The molecule has 0 radical (unpaired) electrons. The summed E-state index contributed by atoms with van der Waals surface area (Å²) in [5.74, 6) is 1.72. The van der Waals surface area contributed by atoms with Gasteiger partial charge in [0.15, 0.2) is 0 Å². The van der Waals surface area contributed by atoms with E-state index in [-0.39, 0.29) is 0 Å². The first-order valence-corrected chi connectivity index (χ1v) is 5.75. The minimum Gasteiger partial charge on any atom is -0.493 e. The maximum atomic E-state index is 5.76. The predicted octanol–water partition coefficient (Wildman–Crippen LogP) is 1.53. The molecule has 0 amide bonds. The summed E-state index contributed by atoms with van der Waals surface area (Å²) in [6.45, 7) is 0.801. The van der Waals surface area contributed by atoms with E-state index in [4.69, 9.17) is 10.5 Å². The standard InChI is InChI=1S/C13H15N3O/c1-16-13(14)8-11(15-16)7-9-2-3-12-10(6-9)4-5-17-12/h2-3,6,8H,4-5,7,14H2,1H3. The predicted molar refractivity (Wildman–Crippen MR) is 66.1 cm³/mol. The molecule has 0 fully saturated rings. The Labute approximate surface area is 100 Å². The van der Waals surface area contributed by atoms with Gasteiger partial charge in [-0.05, 0) is 17.2 Å². The highest BCUT2D eigenvalue weighted by molar-refractivity contribution is 5.41. The van der Waals surface area contributed by atoms with Crippen molar-refractivity contribution >= 4 is 5.82 Å². The first-order chi connectivity index (χ1) is 8.22. The molecule has 0 spiro atoms. The van der Waals surface area contributed by atoms with Crippen LogP contribution in [-0.2, 0) is 19.9 Å². The van der Waals surface area contributed by atoms with Crippen LogP contribution in [0.5, 0.6) is 5.75 Å². The zero-order valence-electron chi connectivity index (χ0n) is 9.81. The molecule has 4 nitrogen and oxygen atoms in total. The highest BCUT2D eigenvalue weighted by atomic mass is 16.5. The molecule has 1 aromatic carbocycles. The van der Waals surface area contributed by atoms with Gasteiger partial charge >= 0.3 is 0 Å². The van der Waals surface area contributed by atoms with Gasteiger partial charge in [-0.1, -0.05) is 12.1 Å². The van der Waals surface area contributed by atoms with Crippen molar-refractivity contribution in [3.63, 3.8) is 0 Å². The van der Waals surface area contributed by atoms with E-state index in [2.05, 4.69) is 17.2 Å². The Morgan fingerprint density at radius 2 is 2.29 bits per heavy atom. The normalized spacial score (nSPS) is 13.5. The lowest BCUT2D eigenvalue weighted by Gasteiger charge is -2.02. The average molecular weight is 229 g/mol. The Morgan fingerprint density at radius 1 is 1.41 bits per heavy atom. The minimum atomic E-state index is 0.699. The highest BCUT2D eigenvalue weighted by Crippen LogP contribution is 2.26. The van der Waals surface area contributed by atoms with Gasteiger partial charge in [-0.25, -0.2) is 0 Å². The van der Waals surface area contributed by atoms with Crippen LogP contribution in [0.3, 0.4) is 0 Å². The summed E-state index contributed by atoms with van der Waals surface area (Å²) in [7, 11) is 1.86. The van der Waals surface area contributed by atoms with Crippen molar-refractivity contribution in [3.05, 3.63) is 41.1 Å². The lowest BCUT2D eigenvalue weighted by atomic mass is 10.1. The van der Waals surface area contributed by atoms with Crippen molar-refractivity contribution in [1.82, 2.24) is 9.78 Å². The summed E-state index contributed by atoms with van der Waals surface area (Å²) in [5, 5.41) is 4.36. The summed E-state index contributed by atoms with van der Waals surface area (Å²) in [6, 6.07) is 8.26. The second kappa shape index (κ2) is 3.80. The van der Waals surface area contributed by atoms with Crippen molar-refractivity contribution < 1.29 is 4.74 Å². The molecule has 1 aliphatic rings. The van der Waals surface area contributed by atoms with Crippen LogP contribution in [0, 0.1) is 0 Å². The third-order valence-corrected chi connectivity index (χ3v) is 3.11. The van der Waals surface area contributed by atoms with Gasteiger partial charge in [0.25, 0.3) is 0 Å². The van der Waals surface area contributed by atoms with Gasteiger partial charge in [0.05, 0.1) is 12.3 Å². The van der Waals surface area contributed by atoms with Crippen LogP contribution in [-0.4, -0.2) is 16.4 Å². The minimum absolute atomic E-state index is 0.699. The summed E-state index contributed by atoms with van der Waals surface area (Å²) in [6.07, 6.45) is 1.83. The van der Waals surface area contributed by atoms with Crippen molar-refractivity contribution in [1.29, 1.82) is 0 Å². The molecule has 0 bridgehead atoms. The SMILES string of the molecule is Cn1nc(Cc2ccc3c(c2)CCO3)cc1N. The van der Waals surface area contributed by atoms with E-state index in [0.717, 1.165) is 30.9 Å². The maximum Gasteiger partial charge on any atom is 0.122 e. The van der Waals surface area contributed by atoms with E-state index in [1.807, 2.05) is 19.2 Å². The number of nitrogen functional groups attached to an aromatic ring is 1. The first-order valence-electron chi connectivity index (χ1n) is 5.75. The van der Waals surface area contributed by atoms with Crippen LogP contribution >= 0.6 is 0 Å². The molecular weight excluding hydrogens is 214 g/mol. The number of rotatable bonds is 2. The molecule has 4 heteroatoms. The number of hydrogen-bond donors (Lipinski definition) is 1. The summed E-state index contributed by atoms with van der Waals surface area (Å²) in [4.78, 5) is 0. The number of anilines is 1. The number of nitrogens with two attached hydrogens (primary N) is 1. The number of fused-ring (bicyclic) bond motifs is 1. The van der Waals surface area contributed by atoms with Gasteiger partial charge in [-0.3, -0.25) is 4.68 Å². The Balaban J connectivity index is 1.85. The molecule has 0 unspecified atom stereocenters. The molecule has 2 N–H and O–H groups in total. The Kier molecular flexibility index (Phi) is 2.28. The second-order valence-corrected chi connectivity index (χ2v) is 4.40. The number of ether oxygens (including phenoxy) is 1. The van der Waals surface area contributed by atoms with Gasteiger partial charge in [0.1, 0.15) is 11.6 Å². The van der Waals surface area contributed by atoms with E-state index in [1.165, 1.54) is 11.1 Å². The topological polar surface area (TPSA) is 53.1 Å². The van der Waals surface area contributed by atoms with Crippen LogP contribution < -0.4 is 10.5 Å². The molecule has 0 atom stereocenters. The number of benzene rings is 1. The number of hydrogen-bond acceptors (Lipinski definition) is 3. The Morgan fingerprint density at radius 3 is 3.06 bits per heavy atom. The number of aromatic nitrogens is 2. The Hall–Kier alpha value is -1.97. The smallest absolute Gasteiger partial charge is 0.122 e. The molecule has 17 heavy (non-hydrogen) atoms. The molecule has 0 aliphatic carbocycles. The summed E-state index contributed by atoms with van der Waals surface area (Å²) in [5.41, 5.74) is 9.32. The van der Waals surface area contributed by atoms with Crippen molar-refractivity contribution in [3.8, 4) is 5.75 Å². The maximum absolute atomic E-state index is 5.76. The molecule has 1 aliphatic heterocycles. The van der Waals surface area contributed by atoms with E-state index < -0.39 is 0 Å². The highest BCUT2D eigenvalue weighted by Gasteiger charge is 2.12. The fourth-order valence-electron chi connectivity index (χ4n) is 2.19. The van der Waals surface area contributed by atoms with E-state index in [9.17, 15) is 0 Å². The van der Waals surface area contributed by atoms with E-state index in [0.29, 0.717) is 5.82 Å². The van der Waals surface area contributed by atoms with Crippen LogP contribution in [0.25, 0.3) is 0 Å². The van der Waals surface area contributed by atoms with Gasteiger partial charge in [0, 0.05) is 26.0 Å². The molecule has 2 aromatic rings. The first kappa shape index (κ1) is 10.2. The second-order valence-electron chi connectivity index (χ2n) is 4.40. The molecule has 88 valence electrons. The molecular formula is C13H15N3O. The van der Waals surface area contributed by atoms with Crippen molar-refractivity contribution in [2.24, 2.45) is 7.05 Å². The lowest BCUT2D eigenvalue weighted by Crippen LogP contribution is -1.97. The summed E-state index contributed by atoms with van der Waals surface area (Å²) >= 11 is 0. The van der Waals surface area contributed by atoms with Crippen LogP contribution in [0.2, 0.25) is 0 Å². The monoisotopic (exact) mass is 229 g/mol. The fraction of sp³-hybridized carbons (Fsp3) is 0.308. The van der Waals surface area contributed by atoms with Gasteiger partial charge < -0.3 is 10.5 Å². The number of aryl methyl sites for hydroxylation is 1. The van der Waals surface area contributed by atoms with Gasteiger partial charge in [-0.15, -0.1) is 0 Å². The van der Waals surface area contributed by atoms with Crippen LogP contribution in [0.15, 0.2) is 24.3 Å². The molecule has 0 saturated carbocycles. The zero-order chi connectivity index (χ0) is 11.8. The van der Waals surface area contributed by atoms with Crippen LogP contribution in [0.1, 0.15) is 16.8 Å². The molecule has 2 heterocycles. The zero-order valence-corrected chi connectivity index (χ0v) is 9.81. The Bertz CT molecular complexity index is 540. The van der Waals surface area contributed by atoms with Gasteiger partial charge in [0.2, 0.25) is 0 Å². The van der Waals surface area contributed by atoms with Crippen LogP contribution in [0.4, 0.5) is 5.82 Å². The number of nitrogens with zero attached hydrogens (tertiary/aromatic N) is 2. The molecule has 1 aromatic heterocycles.